The van der Waals surface area contributed by atoms with Gasteiger partial charge in [-0.3, -0.25) is 0 Å². The van der Waals surface area contributed by atoms with Crippen LogP contribution in [0.5, 0.6) is 5.75 Å². The van der Waals surface area contributed by atoms with E-state index in [2.05, 4.69) is 10.2 Å². The Kier molecular flexibility index (Phi) is 3.52. The van der Waals surface area contributed by atoms with Gasteiger partial charge in [-0.25, -0.2) is 0 Å². The molecule has 0 spiro atoms. The lowest BCUT2D eigenvalue weighted by Crippen LogP contribution is -1.93. The summed E-state index contributed by atoms with van der Waals surface area (Å²) in [5.74, 6) is 0.850. The van der Waals surface area contributed by atoms with Crippen LogP contribution in [0.25, 0.3) is 22.0 Å². The molecule has 100 valence electrons. The van der Waals surface area contributed by atoms with Crippen molar-refractivity contribution in [3.63, 3.8) is 0 Å². The van der Waals surface area contributed by atoms with Crippen LogP contribution in [0.15, 0.2) is 48.5 Å². The molecule has 0 saturated heterocycles. The van der Waals surface area contributed by atoms with E-state index in [1.165, 1.54) is 0 Å². The normalized spacial score (nSPS) is 10.7. The highest BCUT2D eigenvalue weighted by atomic mass is 35.5. The van der Waals surface area contributed by atoms with Crippen LogP contribution in [0.3, 0.4) is 0 Å². The lowest BCUT2D eigenvalue weighted by molar-refractivity contribution is 0.340. The van der Waals surface area contributed by atoms with E-state index in [9.17, 15) is 0 Å². The number of fused-ring (bicyclic) bond motifs is 1. The van der Waals surface area contributed by atoms with Gasteiger partial charge in [-0.15, -0.1) is 10.2 Å². The van der Waals surface area contributed by atoms with Crippen LogP contribution in [0.4, 0.5) is 0 Å². The molecule has 0 aliphatic rings. The average Bonchev–Trinajstić information content (AvgIpc) is 2.49. The van der Waals surface area contributed by atoms with E-state index >= 15 is 0 Å². The Hall–Kier alpha value is -2.13. The minimum atomic E-state index is 0.426. The molecule has 4 heteroatoms. The molecule has 3 rings (SSSR count). The fourth-order valence-electron chi connectivity index (χ4n) is 2.16. The second-order valence-electron chi connectivity index (χ2n) is 4.34. The monoisotopic (exact) mass is 284 g/mol. The summed E-state index contributed by atoms with van der Waals surface area (Å²) >= 11 is 6.09. The fraction of sp³-hybridized carbons (Fsp3) is 0.125. The molecular formula is C16H13ClN2O. The molecule has 0 amide bonds. The average molecular weight is 285 g/mol. The van der Waals surface area contributed by atoms with E-state index in [1.54, 1.807) is 0 Å². The standard InChI is InChI=1S/C16H13ClN2O/c1-2-20-12-9-7-11(8-10-12)15-13-5-3-4-6-14(13)16(17)19-18-15/h3-10H,2H2,1H3. The summed E-state index contributed by atoms with van der Waals surface area (Å²) in [4.78, 5) is 0. The molecule has 0 bridgehead atoms. The van der Waals surface area contributed by atoms with Gasteiger partial charge >= 0.3 is 0 Å². The van der Waals surface area contributed by atoms with Gasteiger partial charge in [-0.2, -0.15) is 0 Å². The van der Waals surface area contributed by atoms with Crippen molar-refractivity contribution in [2.24, 2.45) is 0 Å². The van der Waals surface area contributed by atoms with E-state index in [1.807, 2.05) is 55.5 Å². The maximum Gasteiger partial charge on any atom is 0.159 e. The van der Waals surface area contributed by atoms with Crippen LogP contribution in [0, 0.1) is 0 Å². The molecule has 20 heavy (non-hydrogen) atoms. The number of hydrogen-bond donors (Lipinski definition) is 0. The molecule has 0 radical (unpaired) electrons. The Morgan fingerprint density at radius 2 is 1.65 bits per heavy atom. The summed E-state index contributed by atoms with van der Waals surface area (Å²) < 4.78 is 5.45. The molecule has 2 aromatic carbocycles. The Morgan fingerprint density at radius 3 is 2.35 bits per heavy atom. The van der Waals surface area contributed by atoms with Crippen LogP contribution in [0.1, 0.15) is 6.92 Å². The third-order valence-electron chi connectivity index (χ3n) is 3.08. The number of nitrogens with zero attached hydrogens (tertiary/aromatic N) is 2. The first-order valence-electron chi connectivity index (χ1n) is 6.43. The smallest absolute Gasteiger partial charge is 0.159 e. The van der Waals surface area contributed by atoms with E-state index in [-0.39, 0.29) is 0 Å². The summed E-state index contributed by atoms with van der Waals surface area (Å²) in [5, 5.41) is 10.6. The van der Waals surface area contributed by atoms with Crippen molar-refractivity contribution < 1.29 is 4.74 Å². The summed E-state index contributed by atoms with van der Waals surface area (Å²) in [6, 6.07) is 15.7. The van der Waals surface area contributed by atoms with Crippen molar-refractivity contribution in [2.45, 2.75) is 6.92 Å². The Morgan fingerprint density at radius 1 is 0.950 bits per heavy atom. The van der Waals surface area contributed by atoms with Gasteiger partial charge < -0.3 is 4.74 Å². The van der Waals surface area contributed by atoms with Crippen molar-refractivity contribution in [1.29, 1.82) is 0 Å². The van der Waals surface area contributed by atoms with Crippen LogP contribution < -0.4 is 4.74 Å². The Balaban J connectivity index is 2.12. The van der Waals surface area contributed by atoms with Gasteiger partial charge in [0.2, 0.25) is 0 Å². The molecule has 1 aromatic heterocycles. The molecule has 0 atom stereocenters. The molecule has 0 aliphatic heterocycles. The van der Waals surface area contributed by atoms with Gasteiger partial charge in [0.05, 0.1) is 6.61 Å². The number of hydrogen-bond acceptors (Lipinski definition) is 3. The highest BCUT2D eigenvalue weighted by molar-refractivity contribution is 6.34. The predicted octanol–water partition coefficient (Wildman–Crippen LogP) is 4.35. The third kappa shape index (κ3) is 2.32. The van der Waals surface area contributed by atoms with E-state index in [0.29, 0.717) is 11.8 Å². The van der Waals surface area contributed by atoms with Crippen molar-refractivity contribution in [2.75, 3.05) is 6.61 Å². The number of aromatic nitrogens is 2. The molecule has 0 fully saturated rings. The molecule has 0 unspecified atom stereocenters. The topological polar surface area (TPSA) is 35.0 Å². The minimum absolute atomic E-state index is 0.426. The summed E-state index contributed by atoms with van der Waals surface area (Å²) in [5.41, 5.74) is 1.82. The first-order chi connectivity index (χ1) is 9.79. The van der Waals surface area contributed by atoms with Gasteiger partial charge in [0.15, 0.2) is 5.15 Å². The van der Waals surface area contributed by atoms with Crippen molar-refractivity contribution in [3.8, 4) is 17.0 Å². The molecule has 3 aromatic rings. The lowest BCUT2D eigenvalue weighted by Gasteiger charge is -2.07. The fourth-order valence-corrected chi connectivity index (χ4v) is 2.36. The molecule has 0 N–H and O–H groups in total. The van der Waals surface area contributed by atoms with Gasteiger partial charge in [0.1, 0.15) is 11.4 Å². The van der Waals surface area contributed by atoms with Gasteiger partial charge in [-0.05, 0) is 31.2 Å². The van der Waals surface area contributed by atoms with Crippen LogP contribution in [-0.2, 0) is 0 Å². The van der Waals surface area contributed by atoms with Crippen LogP contribution >= 0.6 is 11.6 Å². The first kappa shape index (κ1) is 12.9. The summed E-state index contributed by atoms with van der Waals surface area (Å²) in [6.45, 7) is 2.62. The highest BCUT2D eigenvalue weighted by Gasteiger charge is 2.09. The minimum Gasteiger partial charge on any atom is -0.494 e. The van der Waals surface area contributed by atoms with E-state index < -0.39 is 0 Å². The van der Waals surface area contributed by atoms with Gasteiger partial charge in [0.25, 0.3) is 0 Å². The van der Waals surface area contributed by atoms with E-state index in [4.69, 9.17) is 16.3 Å². The maximum atomic E-state index is 6.09. The predicted molar refractivity (Wildman–Crippen MR) is 81.2 cm³/mol. The number of benzene rings is 2. The van der Waals surface area contributed by atoms with Gasteiger partial charge in [0, 0.05) is 16.3 Å². The van der Waals surface area contributed by atoms with Crippen LogP contribution in [0.2, 0.25) is 5.15 Å². The number of rotatable bonds is 3. The lowest BCUT2D eigenvalue weighted by atomic mass is 10.1. The van der Waals surface area contributed by atoms with Gasteiger partial charge in [-0.1, -0.05) is 35.9 Å². The van der Waals surface area contributed by atoms with Crippen molar-refractivity contribution >= 4 is 22.4 Å². The van der Waals surface area contributed by atoms with Crippen LogP contribution in [-0.4, -0.2) is 16.8 Å². The maximum absolute atomic E-state index is 6.09. The third-order valence-corrected chi connectivity index (χ3v) is 3.36. The zero-order valence-electron chi connectivity index (χ0n) is 11.0. The molecule has 1 heterocycles. The molecule has 0 saturated carbocycles. The molecular weight excluding hydrogens is 272 g/mol. The number of ether oxygens (including phenoxy) is 1. The number of halogens is 1. The van der Waals surface area contributed by atoms with Crippen molar-refractivity contribution in [3.05, 3.63) is 53.7 Å². The summed E-state index contributed by atoms with van der Waals surface area (Å²) in [6.07, 6.45) is 0. The highest BCUT2D eigenvalue weighted by Crippen LogP contribution is 2.30. The second kappa shape index (κ2) is 5.47. The molecule has 3 nitrogen and oxygen atoms in total. The van der Waals surface area contributed by atoms with Crippen molar-refractivity contribution in [1.82, 2.24) is 10.2 Å². The second-order valence-corrected chi connectivity index (χ2v) is 4.70. The quantitative estimate of drug-likeness (QED) is 0.717. The summed E-state index contributed by atoms with van der Waals surface area (Å²) in [7, 11) is 0. The van der Waals surface area contributed by atoms with E-state index in [0.717, 1.165) is 27.8 Å². The Bertz CT molecular complexity index is 741. The zero-order valence-corrected chi connectivity index (χ0v) is 11.8. The Labute approximate surface area is 122 Å². The zero-order chi connectivity index (χ0) is 13.9. The SMILES string of the molecule is CCOc1ccc(-c2nnc(Cl)c3ccccc23)cc1. The first-order valence-corrected chi connectivity index (χ1v) is 6.81. The molecule has 0 aliphatic carbocycles. The largest absolute Gasteiger partial charge is 0.494 e.